The molecular formula is C24H13N3O6. The van der Waals surface area contributed by atoms with Crippen LogP contribution in [0.25, 0.3) is 28.9 Å². The highest BCUT2D eigenvalue weighted by Gasteiger charge is 2.09. The van der Waals surface area contributed by atoms with Gasteiger partial charge in [0.15, 0.2) is 0 Å². The highest BCUT2D eigenvalue weighted by Crippen LogP contribution is 2.24. The number of pyridine rings is 3. The van der Waals surface area contributed by atoms with Gasteiger partial charge in [-0.1, -0.05) is 0 Å². The van der Waals surface area contributed by atoms with Gasteiger partial charge in [-0.25, -0.2) is 4.98 Å². The summed E-state index contributed by atoms with van der Waals surface area (Å²) < 4.78 is 13.4. The third-order valence-corrected chi connectivity index (χ3v) is 3.89. The summed E-state index contributed by atoms with van der Waals surface area (Å²) in [6.45, 7) is 0.767. The van der Waals surface area contributed by atoms with E-state index in [4.69, 9.17) is 0 Å². The lowest BCUT2D eigenvalue weighted by molar-refractivity contribution is -0.124. The summed E-state index contributed by atoms with van der Waals surface area (Å²) in [4.78, 5) is 44.3. The molecule has 9 nitrogen and oxygen atoms in total. The lowest BCUT2D eigenvalue weighted by Crippen LogP contribution is -1.95. The van der Waals surface area contributed by atoms with Crippen molar-refractivity contribution >= 4 is 25.5 Å². The molecule has 160 valence electrons. The van der Waals surface area contributed by atoms with E-state index in [0.717, 1.165) is 0 Å². The first-order valence-electron chi connectivity index (χ1n) is 9.14. The van der Waals surface area contributed by atoms with E-state index < -0.39 is 0 Å². The topological polar surface area (TPSA) is 118 Å². The number of hydrogen-bond donors (Lipinski definition) is 0. The Hall–Kier alpha value is -5.28. The Bertz CT molecular complexity index is 1240. The van der Waals surface area contributed by atoms with Gasteiger partial charge in [0.2, 0.25) is 0 Å². The summed E-state index contributed by atoms with van der Waals surface area (Å²) in [6.07, 6.45) is 10.4. The zero-order valence-corrected chi connectivity index (χ0v) is 16.8. The van der Waals surface area contributed by atoms with Crippen LogP contribution in [0, 0.1) is 24.1 Å². The number of aromatic nitrogens is 3. The van der Waals surface area contributed by atoms with Crippen molar-refractivity contribution in [2.75, 3.05) is 0 Å². The molecule has 9 heteroatoms. The Morgan fingerprint density at radius 1 is 0.697 bits per heavy atom. The Morgan fingerprint density at radius 3 is 1.73 bits per heavy atom. The first kappa shape index (κ1) is 22.4. The Balaban J connectivity index is 2.07. The van der Waals surface area contributed by atoms with Crippen LogP contribution < -0.4 is 0 Å². The minimum absolute atomic E-state index is 0.233. The van der Waals surface area contributed by atoms with E-state index in [9.17, 15) is 14.4 Å². The van der Waals surface area contributed by atoms with Gasteiger partial charge in [0, 0.05) is 23.5 Å². The fourth-order valence-electron chi connectivity index (χ4n) is 2.58. The second-order valence-corrected chi connectivity index (χ2v) is 5.95. The predicted octanol–water partition coefficient (Wildman–Crippen LogP) is 2.31. The fourth-order valence-corrected chi connectivity index (χ4v) is 2.58. The summed E-state index contributed by atoms with van der Waals surface area (Å²) in [5.41, 5.74) is 3.73. The van der Waals surface area contributed by atoms with Crippen molar-refractivity contribution in [3.63, 3.8) is 0 Å². The predicted molar refractivity (Wildman–Crippen MR) is 115 cm³/mol. The van der Waals surface area contributed by atoms with E-state index in [-0.39, 0.29) is 12.9 Å². The molecule has 0 aliphatic carbocycles. The largest absolute Gasteiger partial charge is 0.437 e. The minimum atomic E-state index is 0.233. The smallest absolute Gasteiger partial charge is 0.307 e. The van der Waals surface area contributed by atoms with Crippen molar-refractivity contribution in [3.8, 4) is 46.8 Å². The van der Waals surface area contributed by atoms with E-state index in [1.807, 2.05) is 0 Å². The van der Waals surface area contributed by atoms with Crippen LogP contribution in [0.5, 0.6) is 0 Å². The monoisotopic (exact) mass is 439 g/mol. The molecule has 0 unspecified atom stereocenters. The van der Waals surface area contributed by atoms with Crippen molar-refractivity contribution in [1.82, 2.24) is 15.0 Å². The molecular weight excluding hydrogens is 426 g/mol. The summed E-state index contributed by atoms with van der Waals surface area (Å²) in [7, 11) is 0. The zero-order valence-electron chi connectivity index (χ0n) is 16.8. The summed E-state index contributed by atoms with van der Waals surface area (Å²) in [5, 5.41) is 0. The molecule has 0 aliphatic rings. The molecule has 0 radical (unpaired) electrons. The molecule has 3 aromatic heterocycles. The summed E-state index contributed by atoms with van der Waals surface area (Å²) in [6, 6.07) is 10.1. The average molecular weight is 439 g/mol. The summed E-state index contributed by atoms with van der Waals surface area (Å²) >= 11 is 0. The molecule has 0 saturated heterocycles. The SMILES string of the molecule is O=COC#Cc1ccnc(-c2cc(/C=C/OC=O)cc(-c3cc(C#COC=O)ccn3)n2)c1. The highest BCUT2D eigenvalue weighted by atomic mass is 16.5. The summed E-state index contributed by atoms with van der Waals surface area (Å²) in [5.74, 6) is 5.36. The maximum absolute atomic E-state index is 10.5. The van der Waals surface area contributed by atoms with Crippen LogP contribution in [0.15, 0.2) is 55.1 Å². The van der Waals surface area contributed by atoms with Crippen LogP contribution in [-0.4, -0.2) is 34.4 Å². The second-order valence-electron chi connectivity index (χ2n) is 5.95. The van der Waals surface area contributed by atoms with Crippen LogP contribution in [-0.2, 0) is 28.6 Å². The Labute approximate surface area is 188 Å². The molecule has 3 aromatic rings. The number of carbonyl (C=O) groups is 3. The van der Waals surface area contributed by atoms with Crippen molar-refractivity contribution < 1.29 is 28.6 Å². The van der Waals surface area contributed by atoms with E-state index in [1.54, 1.807) is 54.9 Å². The van der Waals surface area contributed by atoms with Gasteiger partial charge < -0.3 is 14.2 Å². The van der Waals surface area contributed by atoms with Gasteiger partial charge >= 0.3 is 12.9 Å². The Kier molecular flexibility index (Phi) is 8.01. The van der Waals surface area contributed by atoms with Crippen LogP contribution >= 0.6 is 0 Å². The molecule has 0 amide bonds. The maximum atomic E-state index is 10.5. The number of ether oxygens (including phenoxy) is 3. The highest BCUT2D eigenvalue weighted by molar-refractivity contribution is 5.69. The quantitative estimate of drug-likeness (QED) is 0.236. The van der Waals surface area contributed by atoms with Gasteiger partial charge in [-0.2, -0.15) is 0 Å². The maximum Gasteiger partial charge on any atom is 0.307 e. The van der Waals surface area contributed by atoms with Gasteiger partial charge in [-0.15, -0.1) is 0 Å². The van der Waals surface area contributed by atoms with Crippen LogP contribution in [0.1, 0.15) is 16.7 Å². The molecule has 0 aliphatic heterocycles. The molecule has 33 heavy (non-hydrogen) atoms. The second kappa shape index (κ2) is 11.8. The van der Waals surface area contributed by atoms with Crippen molar-refractivity contribution in [1.29, 1.82) is 0 Å². The third-order valence-electron chi connectivity index (χ3n) is 3.89. The molecule has 3 heterocycles. The van der Waals surface area contributed by atoms with Crippen LogP contribution in [0.2, 0.25) is 0 Å². The molecule has 0 atom stereocenters. The van der Waals surface area contributed by atoms with Gasteiger partial charge in [-0.05, 0) is 59.9 Å². The number of carbonyl (C=O) groups excluding carboxylic acids is 3. The molecule has 0 spiro atoms. The fraction of sp³-hybridized carbons (Fsp3) is 0. The number of rotatable bonds is 7. The number of nitrogens with zero attached hydrogens (tertiary/aromatic N) is 3. The van der Waals surface area contributed by atoms with Crippen molar-refractivity contribution in [3.05, 3.63) is 71.7 Å². The minimum Gasteiger partial charge on any atom is -0.437 e. The molecule has 0 aromatic carbocycles. The zero-order chi connectivity index (χ0) is 23.3. The lowest BCUT2D eigenvalue weighted by atomic mass is 10.1. The van der Waals surface area contributed by atoms with Crippen molar-refractivity contribution in [2.45, 2.75) is 0 Å². The molecule has 0 bridgehead atoms. The Morgan fingerprint density at radius 2 is 1.24 bits per heavy atom. The van der Waals surface area contributed by atoms with Crippen molar-refractivity contribution in [2.24, 2.45) is 0 Å². The molecule has 0 N–H and O–H groups in total. The van der Waals surface area contributed by atoms with Crippen LogP contribution in [0.3, 0.4) is 0 Å². The van der Waals surface area contributed by atoms with Gasteiger partial charge in [0.1, 0.15) is 12.2 Å². The first-order valence-corrected chi connectivity index (χ1v) is 9.14. The van der Waals surface area contributed by atoms with E-state index in [0.29, 0.717) is 45.9 Å². The standard InChI is InChI=1S/C24H13N3O6/c28-15-31-8-3-18-1-6-25-21(11-18)23-13-20(5-10-33-17-30)14-24(27-23)22-12-19(2-7-26-22)4-9-32-16-29/h1-2,5-7,10-17H/b10-5+. The van der Waals surface area contributed by atoms with Gasteiger partial charge in [0.25, 0.3) is 6.47 Å². The first-order chi connectivity index (χ1) is 16.2. The van der Waals surface area contributed by atoms with E-state index in [2.05, 4.69) is 53.2 Å². The number of hydrogen-bond acceptors (Lipinski definition) is 9. The van der Waals surface area contributed by atoms with E-state index in [1.165, 1.54) is 6.26 Å². The van der Waals surface area contributed by atoms with Crippen LogP contribution in [0.4, 0.5) is 0 Å². The van der Waals surface area contributed by atoms with Gasteiger partial charge in [0.05, 0.1) is 29.0 Å². The lowest BCUT2D eigenvalue weighted by Gasteiger charge is -2.07. The third kappa shape index (κ3) is 6.60. The van der Waals surface area contributed by atoms with Gasteiger partial charge in [-0.3, -0.25) is 24.4 Å². The molecule has 0 saturated carbocycles. The normalized spacial score (nSPS) is 9.58. The molecule has 0 fully saturated rings. The molecule has 3 rings (SSSR count). The van der Waals surface area contributed by atoms with E-state index >= 15 is 0 Å². The average Bonchev–Trinajstić information content (AvgIpc) is 2.85.